The average molecular weight is 299 g/mol. The molecule has 0 unspecified atom stereocenters. The maximum absolute atomic E-state index is 10.7. The molecule has 2 aromatic heterocycles. The number of nitrogens with zero attached hydrogens (tertiary/aromatic N) is 3. The number of hydrogen-bond acceptors (Lipinski definition) is 3. The summed E-state index contributed by atoms with van der Waals surface area (Å²) in [6.07, 6.45) is 12.7. The standard InChI is InChI=1S/C16H15N3O3/c20-16(21)15-5-11-19(12-6-15)8-2-1-7-18-9-3-14(4-10-18)13-17-22/h1-6,9-13H,7-8H2/p+2/b2-1+. The van der Waals surface area contributed by atoms with Gasteiger partial charge in [-0.25, -0.2) is 13.9 Å². The first-order valence-electron chi connectivity index (χ1n) is 6.73. The van der Waals surface area contributed by atoms with E-state index in [4.69, 9.17) is 10.3 Å². The summed E-state index contributed by atoms with van der Waals surface area (Å²) in [5.74, 6) is -0.922. The summed E-state index contributed by atoms with van der Waals surface area (Å²) in [7, 11) is 0. The van der Waals surface area contributed by atoms with Crippen molar-refractivity contribution in [3.05, 3.63) is 72.3 Å². The third-order valence-electron chi connectivity index (χ3n) is 3.06. The highest BCUT2D eigenvalue weighted by Crippen LogP contribution is 1.94. The van der Waals surface area contributed by atoms with Gasteiger partial charge in [0.25, 0.3) is 0 Å². The molecule has 0 aliphatic rings. The van der Waals surface area contributed by atoms with Crippen LogP contribution in [-0.2, 0) is 13.1 Å². The minimum atomic E-state index is -0.922. The fourth-order valence-electron chi connectivity index (χ4n) is 1.86. The molecular formula is C16H17N3O3+2. The van der Waals surface area contributed by atoms with Crippen molar-refractivity contribution in [2.45, 2.75) is 13.1 Å². The van der Waals surface area contributed by atoms with Crippen LogP contribution in [0.15, 0.2) is 66.4 Å². The Labute approximate surface area is 127 Å². The Hall–Kier alpha value is -3.02. The highest BCUT2D eigenvalue weighted by Gasteiger charge is 2.04. The van der Waals surface area contributed by atoms with E-state index in [2.05, 4.69) is 5.16 Å². The third kappa shape index (κ3) is 4.52. The van der Waals surface area contributed by atoms with Gasteiger partial charge in [-0.3, -0.25) is 0 Å². The van der Waals surface area contributed by atoms with Crippen LogP contribution < -0.4 is 9.13 Å². The fourth-order valence-corrected chi connectivity index (χ4v) is 1.86. The molecular weight excluding hydrogens is 282 g/mol. The van der Waals surface area contributed by atoms with Gasteiger partial charge >= 0.3 is 5.97 Å². The fraction of sp³-hybridized carbons (Fsp3) is 0.125. The minimum absolute atomic E-state index is 0.280. The zero-order chi connectivity index (χ0) is 15.8. The zero-order valence-corrected chi connectivity index (χ0v) is 11.9. The van der Waals surface area contributed by atoms with E-state index in [-0.39, 0.29) is 5.56 Å². The number of allylic oxidation sites excluding steroid dienone is 2. The van der Waals surface area contributed by atoms with Crippen molar-refractivity contribution in [3.8, 4) is 0 Å². The number of hydrogen-bond donors (Lipinski definition) is 2. The monoisotopic (exact) mass is 299 g/mol. The summed E-state index contributed by atoms with van der Waals surface area (Å²) in [6, 6.07) is 6.86. The van der Waals surface area contributed by atoms with E-state index in [1.54, 1.807) is 24.5 Å². The van der Waals surface area contributed by atoms with E-state index < -0.39 is 5.97 Å². The molecule has 112 valence electrons. The summed E-state index contributed by atoms with van der Waals surface area (Å²) in [4.78, 5) is 10.7. The van der Waals surface area contributed by atoms with Crippen molar-refractivity contribution >= 4 is 12.2 Å². The van der Waals surface area contributed by atoms with E-state index in [9.17, 15) is 4.79 Å². The van der Waals surface area contributed by atoms with Crippen LogP contribution in [0.1, 0.15) is 15.9 Å². The number of aromatic nitrogens is 2. The Morgan fingerprint density at radius 2 is 1.50 bits per heavy atom. The number of carbonyl (C=O) groups is 1. The molecule has 0 aromatic carbocycles. The summed E-state index contributed by atoms with van der Waals surface area (Å²) in [6.45, 7) is 1.40. The lowest BCUT2D eigenvalue weighted by atomic mass is 10.3. The number of oxime groups is 1. The zero-order valence-electron chi connectivity index (χ0n) is 11.9. The Bertz CT molecular complexity index is 677. The van der Waals surface area contributed by atoms with Crippen LogP contribution >= 0.6 is 0 Å². The molecule has 0 amide bonds. The molecule has 0 aliphatic heterocycles. The van der Waals surface area contributed by atoms with Crippen LogP contribution in [0.2, 0.25) is 0 Å². The third-order valence-corrected chi connectivity index (χ3v) is 3.06. The molecule has 2 rings (SSSR count). The van der Waals surface area contributed by atoms with Crippen molar-refractivity contribution in [2.75, 3.05) is 0 Å². The molecule has 6 nitrogen and oxygen atoms in total. The lowest BCUT2D eigenvalue weighted by molar-refractivity contribution is -0.691. The first-order chi connectivity index (χ1) is 10.7. The number of rotatable bonds is 6. The summed E-state index contributed by atoms with van der Waals surface area (Å²) in [5, 5.41) is 20.2. The summed E-state index contributed by atoms with van der Waals surface area (Å²) in [5.41, 5.74) is 1.11. The molecule has 0 fully saturated rings. The van der Waals surface area contributed by atoms with Crippen molar-refractivity contribution < 1.29 is 24.2 Å². The molecule has 2 N–H and O–H groups in total. The minimum Gasteiger partial charge on any atom is -0.478 e. The van der Waals surface area contributed by atoms with Gasteiger partial charge in [0.05, 0.1) is 11.8 Å². The van der Waals surface area contributed by atoms with Crippen molar-refractivity contribution in [2.24, 2.45) is 5.16 Å². The second kappa shape index (κ2) is 7.68. The molecule has 22 heavy (non-hydrogen) atoms. The van der Waals surface area contributed by atoms with E-state index in [0.717, 1.165) is 12.1 Å². The molecule has 0 bridgehead atoms. The van der Waals surface area contributed by atoms with Crippen LogP contribution in [0, 0.1) is 0 Å². The van der Waals surface area contributed by atoms with E-state index in [1.165, 1.54) is 6.21 Å². The predicted molar refractivity (Wildman–Crippen MR) is 78.8 cm³/mol. The Balaban J connectivity index is 1.86. The Morgan fingerprint density at radius 1 is 1.00 bits per heavy atom. The molecule has 6 heteroatoms. The van der Waals surface area contributed by atoms with Gasteiger partial charge in [-0.2, -0.15) is 0 Å². The van der Waals surface area contributed by atoms with Gasteiger partial charge in [0.2, 0.25) is 0 Å². The van der Waals surface area contributed by atoms with Crippen LogP contribution in [0.3, 0.4) is 0 Å². The van der Waals surface area contributed by atoms with Crippen LogP contribution in [0.25, 0.3) is 0 Å². The van der Waals surface area contributed by atoms with E-state index >= 15 is 0 Å². The molecule has 0 spiro atoms. The van der Waals surface area contributed by atoms with Gasteiger partial charge in [0.1, 0.15) is 0 Å². The topological polar surface area (TPSA) is 77.7 Å². The smallest absolute Gasteiger partial charge is 0.336 e. The molecule has 0 saturated heterocycles. The molecule has 0 atom stereocenters. The lowest BCUT2D eigenvalue weighted by Gasteiger charge is -1.94. The Kier molecular flexibility index (Phi) is 5.37. The second-order valence-electron chi connectivity index (χ2n) is 4.63. The van der Waals surface area contributed by atoms with Gasteiger partial charge in [0.15, 0.2) is 37.9 Å². The summed E-state index contributed by atoms with van der Waals surface area (Å²) >= 11 is 0. The number of carboxylic acids is 1. The van der Waals surface area contributed by atoms with Crippen molar-refractivity contribution in [1.29, 1.82) is 0 Å². The van der Waals surface area contributed by atoms with Crippen molar-refractivity contribution in [1.82, 2.24) is 0 Å². The van der Waals surface area contributed by atoms with Gasteiger partial charge in [-0.05, 0) is 12.2 Å². The maximum Gasteiger partial charge on any atom is 0.336 e. The number of carboxylic acid groups (broad SMARTS) is 1. The van der Waals surface area contributed by atoms with Crippen molar-refractivity contribution in [3.63, 3.8) is 0 Å². The molecule has 2 heterocycles. The second-order valence-corrected chi connectivity index (χ2v) is 4.63. The van der Waals surface area contributed by atoms with E-state index in [0.29, 0.717) is 6.54 Å². The maximum atomic E-state index is 10.7. The van der Waals surface area contributed by atoms with Gasteiger partial charge in [-0.15, -0.1) is 0 Å². The average Bonchev–Trinajstić information content (AvgIpc) is 2.54. The van der Waals surface area contributed by atoms with Crippen LogP contribution in [0.4, 0.5) is 0 Å². The number of aromatic carboxylic acids is 1. The lowest BCUT2D eigenvalue weighted by Crippen LogP contribution is -2.33. The summed E-state index contributed by atoms with van der Waals surface area (Å²) < 4.78 is 3.89. The van der Waals surface area contributed by atoms with Gasteiger partial charge in [0, 0.05) is 29.8 Å². The van der Waals surface area contributed by atoms with E-state index in [1.807, 2.05) is 45.8 Å². The van der Waals surface area contributed by atoms with Gasteiger partial charge in [-0.1, -0.05) is 5.16 Å². The van der Waals surface area contributed by atoms with Gasteiger partial charge < -0.3 is 10.3 Å². The molecule has 0 aliphatic carbocycles. The number of pyridine rings is 2. The largest absolute Gasteiger partial charge is 0.478 e. The molecule has 2 aromatic rings. The first kappa shape index (κ1) is 15.4. The van der Waals surface area contributed by atoms with Crippen LogP contribution in [0.5, 0.6) is 0 Å². The molecule has 0 saturated carbocycles. The van der Waals surface area contributed by atoms with Crippen LogP contribution in [-0.4, -0.2) is 22.5 Å². The SMILES string of the molecule is O=C(O)c1cc[n+](C/C=C/C[n+]2ccc(/C=N\O)cc2)cc1. The molecule has 0 radical (unpaired) electrons. The normalized spacial score (nSPS) is 11.3. The highest BCUT2D eigenvalue weighted by molar-refractivity contribution is 5.87. The Morgan fingerprint density at radius 3 is 1.95 bits per heavy atom. The quantitative estimate of drug-likeness (QED) is 0.275. The highest BCUT2D eigenvalue weighted by atomic mass is 16.4. The first-order valence-corrected chi connectivity index (χ1v) is 6.73. The predicted octanol–water partition coefficient (Wildman–Crippen LogP) is 1.02.